The van der Waals surface area contributed by atoms with Crippen molar-refractivity contribution in [2.75, 3.05) is 6.26 Å². The summed E-state index contributed by atoms with van der Waals surface area (Å²) in [7, 11) is 0. The second-order valence-electron chi connectivity index (χ2n) is 6.53. The predicted molar refractivity (Wildman–Crippen MR) is 98.5 cm³/mol. The lowest BCUT2D eigenvalue weighted by Gasteiger charge is -2.34. The molecule has 1 aliphatic rings. The molecule has 0 bridgehead atoms. The van der Waals surface area contributed by atoms with Crippen LogP contribution in [0.25, 0.3) is 11.0 Å². The van der Waals surface area contributed by atoms with Crippen molar-refractivity contribution in [2.24, 2.45) is 0 Å². The Morgan fingerprint density at radius 1 is 1.28 bits per heavy atom. The summed E-state index contributed by atoms with van der Waals surface area (Å²) in [5.41, 5.74) is 0.630. The van der Waals surface area contributed by atoms with Gasteiger partial charge in [-0.1, -0.05) is 31.4 Å². The van der Waals surface area contributed by atoms with Crippen LogP contribution < -0.4 is 5.32 Å². The van der Waals surface area contributed by atoms with Crippen LogP contribution in [0, 0.1) is 0 Å². The van der Waals surface area contributed by atoms with Gasteiger partial charge in [0, 0.05) is 0 Å². The Bertz CT molecular complexity index is 781. The van der Waals surface area contributed by atoms with Gasteiger partial charge >= 0.3 is 5.97 Å². The number of aromatic nitrogens is 2. The smallest absolute Gasteiger partial charge is 0.329 e. The first-order valence-corrected chi connectivity index (χ1v) is 9.92. The molecule has 1 saturated carbocycles. The first-order valence-electron chi connectivity index (χ1n) is 8.53. The minimum atomic E-state index is -1.12. The number of nitrogens with one attached hydrogen (secondary N) is 1. The summed E-state index contributed by atoms with van der Waals surface area (Å²) < 4.78 is 1.89. The normalized spacial score (nSPS) is 16.7. The number of aliphatic carboxylic acids is 1. The Labute approximate surface area is 151 Å². The molecule has 2 aromatic rings. The number of fused-ring (bicyclic) bond motifs is 1. The van der Waals surface area contributed by atoms with Crippen molar-refractivity contribution >= 4 is 34.7 Å². The van der Waals surface area contributed by atoms with E-state index in [0.717, 1.165) is 36.1 Å². The molecule has 1 aromatic heterocycles. The summed E-state index contributed by atoms with van der Waals surface area (Å²) in [6.07, 6.45) is 5.67. The molecule has 2 N–H and O–H groups in total. The number of benzene rings is 1. The monoisotopic (exact) mass is 361 g/mol. The number of carboxylic acids is 1. The van der Waals surface area contributed by atoms with Crippen molar-refractivity contribution in [3.05, 3.63) is 30.1 Å². The summed E-state index contributed by atoms with van der Waals surface area (Å²) in [5.74, 6) is 0.332. The summed E-state index contributed by atoms with van der Waals surface area (Å²) in [4.78, 5) is 29.0. The van der Waals surface area contributed by atoms with Gasteiger partial charge in [-0.2, -0.15) is 11.8 Å². The van der Waals surface area contributed by atoms with Gasteiger partial charge in [-0.3, -0.25) is 4.79 Å². The summed E-state index contributed by atoms with van der Waals surface area (Å²) >= 11 is 1.64. The molecule has 7 heteroatoms. The maximum absolute atomic E-state index is 12.7. The molecule has 1 aliphatic carbocycles. The molecule has 3 rings (SSSR count). The Morgan fingerprint density at radius 3 is 2.68 bits per heavy atom. The van der Waals surface area contributed by atoms with Crippen molar-refractivity contribution in [1.29, 1.82) is 0 Å². The Kier molecular flexibility index (Phi) is 5.32. The molecule has 0 unspecified atom stereocenters. The topological polar surface area (TPSA) is 84.2 Å². The number of carbonyl (C=O) groups is 2. The van der Waals surface area contributed by atoms with Crippen LogP contribution in [0.1, 0.15) is 37.9 Å². The van der Waals surface area contributed by atoms with E-state index >= 15 is 0 Å². The molecular weight excluding hydrogens is 338 g/mol. The van der Waals surface area contributed by atoms with Gasteiger partial charge < -0.3 is 15.0 Å². The maximum Gasteiger partial charge on any atom is 0.329 e. The largest absolute Gasteiger partial charge is 0.480 e. The molecule has 0 radical (unpaired) electrons. The lowest BCUT2D eigenvalue weighted by Crippen LogP contribution is -2.56. The number of imidazole rings is 1. The highest BCUT2D eigenvalue weighted by Gasteiger charge is 2.40. The van der Waals surface area contributed by atoms with Crippen LogP contribution in [0.15, 0.2) is 24.3 Å². The highest BCUT2D eigenvalue weighted by Crippen LogP contribution is 2.28. The van der Waals surface area contributed by atoms with E-state index in [9.17, 15) is 14.7 Å². The van der Waals surface area contributed by atoms with Crippen molar-refractivity contribution in [1.82, 2.24) is 14.9 Å². The molecule has 0 aliphatic heterocycles. The van der Waals surface area contributed by atoms with Crippen LogP contribution in [0.3, 0.4) is 0 Å². The van der Waals surface area contributed by atoms with Gasteiger partial charge in [-0.25, -0.2) is 9.78 Å². The first kappa shape index (κ1) is 17.8. The van der Waals surface area contributed by atoms with Crippen molar-refractivity contribution in [3.8, 4) is 0 Å². The zero-order valence-electron chi connectivity index (χ0n) is 14.3. The van der Waals surface area contributed by atoms with Crippen LogP contribution in [0.5, 0.6) is 0 Å². The third kappa shape index (κ3) is 3.66. The predicted octanol–water partition coefficient (Wildman–Crippen LogP) is 2.80. The standard InChI is InChI=1S/C18H23N3O3S/c1-25-12-15-19-13-7-3-4-8-14(13)21(15)11-16(22)20-18(17(23)24)9-5-2-6-10-18/h3-4,7-8H,2,5-6,9-12H2,1H3,(H,20,22)(H,23,24). The lowest BCUT2D eigenvalue weighted by molar-refractivity contribution is -0.149. The van der Waals surface area contributed by atoms with E-state index in [1.165, 1.54) is 0 Å². The number of amides is 1. The Hall–Kier alpha value is -2.02. The fraction of sp³-hybridized carbons (Fsp3) is 0.500. The van der Waals surface area contributed by atoms with Gasteiger partial charge in [-0.15, -0.1) is 0 Å². The third-order valence-corrected chi connectivity index (χ3v) is 5.35. The number of thioether (sulfide) groups is 1. The van der Waals surface area contributed by atoms with E-state index in [1.54, 1.807) is 11.8 Å². The van der Waals surface area contributed by atoms with Gasteiger partial charge in [0.15, 0.2) is 0 Å². The maximum atomic E-state index is 12.7. The summed E-state index contributed by atoms with van der Waals surface area (Å²) in [5, 5.41) is 12.4. The van der Waals surface area contributed by atoms with Gasteiger partial charge in [-0.05, 0) is 31.2 Å². The number of hydrogen-bond acceptors (Lipinski definition) is 4. The highest BCUT2D eigenvalue weighted by atomic mass is 32.2. The fourth-order valence-electron chi connectivity index (χ4n) is 3.54. The highest BCUT2D eigenvalue weighted by molar-refractivity contribution is 7.97. The lowest BCUT2D eigenvalue weighted by atomic mass is 9.81. The third-order valence-electron chi connectivity index (χ3n) is 4.80. The van der Waals surface area contributed by atoms with Crippen LogP contribution in [-0.4, -0.2) is 38.3 Å². The average Bonchev–Trinajstić information content (AvgIpc) is 2.93. The van der Waals surface area contributed by atoms with Crippen LogP contribution >= 0.6 is 11.8 Å². The SMILES string of the molecule is CSCc1nc2ccccc2n1CC(=O)NC1(C(=O)O)CCCCC1. The second-order valence-corrected chi connectivity index (χ2v) is 7.40. The molecule has 25 heavy (non-hydrogen) atoms. The molecule has 1 amide bonds. The van der Waals surface area contributed by atoms with Crippen LogP contribution in [0.2, 0.25) is 0 Å². The zero-order chi connectivity index (χ0) is 17.9. The molecule has 0 atom stereocenters. The van der Waals surface area contributed by atoms with E-state index < -0.39 is 11.5 Å². The van der Waals surface area contributed by atoms with Gasteiger partial charge in [0.1, 0.15) is 17.9 Å². The second kappa shape index (κ2) is 7.47. The molecule has 6 nitrogen and oxygen atoms in total. The number of nitrogens with zero attached hydrogens (tertiary/aromatic N) is 2. The molecule has 1 heterocycles. The van der Waals surface area contributed by atoms with E-state index in [2.05, 4.69) is 10.3 Å². The number of rotatable bonds is 6. The molecule has 1 fully saturated rings. The quantitative estimate of drug-likeness (QED) is 0.826. The fourth-order valence-corrected chi connectivity index (χ4v) is 4.02. The molecular formula is C18H23N3O3S. The number of carbonyl (C=O) groups excluding carboxylic acids is 1. The minimum Gasteiger partial charge on any atom is -0.480 e. The molecule has 0 spiro atoms. The van der Waals surface area contributed by atoms with Gasteiger partial charge in [0.2, 0.25) is 5.91 Å². The zero-order valence-corrected chi connectivity index (χ0v) is 15.1. The van der Waals surface area contributed by atoms with Gasteiger partial charge in [0.25, 0.3) is 0 Å². The van der Waals surface area contributed by atoms with E-state index in [-0.39, 0.29) is 12.5 Å². The Balaban J connectivity index is 1.84. The Morgan fingerprint density at radius 2 is 2.00 bits per heavy atom. The van der Waals surface area contributed by atoms with Crippen molar-refractivity contribution < 1.29 is 14.7 Å². The summed E-state index contributed by atoms with van der Waals surface area (Å²) in [6.45, 7) is 0.0887. The van der Waals surface area contributed by atoms with E-state index in [0.29, 0.717) is 18.6 Å². The van der Waals surface area contributed by atoms with Crippen molar-refractivity contribution in [3.63, 3.8) is 0 Å². The van der Waals surface area contributed by atoms with Gasteiger partial charge in [0.05, 0.1) is 16.8 Å². The minimum absolute atomic E-state index is 0.0887. The molecule has 1 aromatic carbocycles. The number of hydrogen-bond donors (Lipinski definition) is 2. The number of carboxylic acid groups (broad SMARTS) is 1. The van der Waals surface area contributed by atoms with E-state index in [1.807, 2.05) is 35.1 Å². The van der Waals surface area contributed by atoms with Crippen LogP contribution in [-0.2, 0) is 21.9 Å². The summed E-state index contributed by atoms with van der Waals surface area (Å²) in [6, 6.07) is 7.70. The molecule has 0 saturated heterocycles. The van der Waals surface area contributed by atoms with Crippen molar-refractivity contribution in [2.45, 2.75) is 49.9 Å². The molecule has 134 valence electrons. The first-order chi connectivity index (χ1) is 12.1. The number of para-hydroxylation sites is 2. The average molecular weight is 361 g/mol. The van der Waals surface area contributed by atoms with Crippen LogP contribution in [0.4, 0.5) is 0 Å². The van der Waals surface area contributed by atoms with E-state index in [4.69, 9.17) is 0 Å².